The second-order valence-corrected chi connectivity index (χ2v) is 18.5. The molecule has 12 atom stereocenters. The second-order valence-electron chi connectivity index (χ2n) is 18.5. The zero-order chi connectivity index (χ0) is 52.1. The Morgan fingerprint density at radius 1 is 0.918 bits per heavy atom. The number of rotatable bonds is 14. The molecule has 2 unspecified atom stereocenters. The van der Waals surface area contributed by atoms with Gasteiger partial charge in [0.25, 0.3) is 0 Å². The average Bonchev–Trinajstić information content (AvgIpc) is 4.11. The van der Waals surface area contributed by atoms with Crippen LogP contribution >= 0.6 is 0 Å². The van der Waals surface area contributed by atoms with E-state index in [1.54, 1.807) is 67.0 Å². The maximum atomic E-state index is 14.9. The van der Waals surface area contributed by atoms with Gasteiger partial charge in [-0.25, -0.2) is 4.79 Å². The highest BCUT2D eigenvalue weighted by molar-refractivity contribution is 6.00. The Balaban J connectivity index is 1.14. The molecule has 8 bridgehead atoms. The Hall–Kier alpha value is -7.77. The molecule has 7 aliphatic rings. The summed E-state index contributed by atoms with van der Waals surface area (Å²) in [5.41, 5.74) is 21.7. The molecular weight excluding hydrogens is 949 g/mol. The highest BCUT2D eigenvalue weighted by Crippen LogP contribution is 2.39. The first-order valence-corrected chi connectivity index (χ1v) is 23.8. The first-order valence-electron chi connectivity index (χ1n) is 23.8. The number of aromatic nitrogens is 1. The number of para-hydroxylation sites is 1. The molecule has 0 spiro atoms. The molecule has 0 saturated carbocycles. The van der Waals surface area contributed by atoms with E-state index < -0.39 is 139 Å². The largest absolute Gasteiger partial charge is 0.480 e. The lowest BCUT2D eigenvalue weighted by Crippen LogP contribution is -2.64. The SMILES string of the molecule is NCCCC1[C@@H]2C=CC3=C(C=NC3=C2)[C@H]2O[C@@H]3C=CC=C4C(=CNC43)C[C@H](N)C(=O)N[C@@H](CC(N)=O)C(=O)N[C@@H]2C(=O)N[C@@H](CO)C(=O)N[C@@H]1C(=O)N[C@@H](CO)C(=O)N[C@@H](Cc1c[nH]c2ccccc12)C(=O)O. The summed E-state index contributed by atoms with van der Waals surface area (Å²) >= 11 is 0. The molecule has 73 heavy (non-hydrogen) atoms. The number of primary amides is 1. The molecule has 5 aliphatic heterocycles. The number of carboxylic acid groups (broad SMARTS) is 1. The number of nitrogens with two attached hydrogens (primary N) is 3. The minimum Gasteiger partial charge on any atom is -0.480 e. The summed E-state index contributed by atoms with van der Waals surface area (Å²) in [6, 6.07) is -4.67. The van der Waals surface area contributed by atoms with Gasteiger partial charge in [-0.2, -0.15) is 0 Å². The highest BCUT2D eigenvalue weighted by atomic mass is 16.5. The number of nitrogens with zero attached hydrogens (tertiary/aromatic N) is 1. The van der Waals surface area contributed by atoms with Gasteiger partial charge in [0.2, 0.25) is 41.4 Å². The van der Waals surface area contributed by atoms with Gasteiger partial charge in [0, 0.05) is 53.0 Å². The molecule has 2 aromatic rings. The van der Waals surface area contributed by atoms with E-state index >= 15 is 0 Å². The molecule has 24 heteroatoms. The fraction of sp³-hybridized carbons (Fsp3) is 0.408. The summed E-state index contributed by atoms with van der Waals surface area (Å²) < 4.78 is 6.85. The zero-order valence-corrected chi connectivity index (χ0v) is 39.3. The van der Waals surface area contributed by atoms with Crippen molar-refractivity contribution < 1.29 is 58.4 Å². The number of aliphatic hydroxyl groups is 2. The maximum absolute atomic E-state index is 14.9. The quantitative estimate of drug-likeness (QED) is 0.0864. The fourth-order valence-electron chi connectivity index (χ4n) is 9.92. The second kappa shape index (κ2) is 22.3. The van der Waals surface area contributed by atoms with Crippen LogP contribution in [0, 0.1) is 11.8 Å². The number of carbonyl (C=O) groups is 8. The van der Waals surface area contributed by atoms with Gasteiger partial charge in [0.1, 0.15) is 48.5 Å². The molecule has 24 nitrogen and oxygen atoms in total. The van der Waals surface area contributed by atoms with Gasteiger partial charge in [-0.3, -0.25) is 38.6 Å². The Bertz CT molecular complexity index is 2790. The van der Waals surface area contributed by atoms with E-state index in [1.165, 1.54) is 6.21 Å². The number of aliphatic hydroxyl groups excluding tert-OH is 2. The summed E-state index contributed by atoms with van der Waals surface area (Å²) in [6.45, 7) is -1.89. The van der Waals surface area contributed by atoms with Gasteiger partial charge in [-0.15, -0.1) is 0 Å². The summed E-state index contributed by atoms with van der Waals surface area (Å²) in [5.74, 6) is -9.99. The summed E-state index contributed by atoms with van der Waals surface area (Å²) in [4.78, 5) is 118. The standard InChI is InChI=1S/C49H58N12O12/c50-12-4-7-26-22-10-11-28-29(19-54-32(28)14-22)42-41(61-44(66)33(16-38(52)64)56-43(65)30(51)13-23-18-55-39-27(23)6-3-9-37(39)73-42)48(70)59-36(21-63)46(68)60-40(26)47(69)58-35(20-62)45(67)57-34(49(71)72)15-24-17-53-31-8-2-1-5-25(24)31/h1-3,5-6,8-11,14,17-19,22,26,30,33-37,39-42,53,55,62-63H,4,7,12-13,15-16,20-21,50-51H2,(H2,52,64)(H,56,65)(H,57,67)(H,58,69)(H,59,70)(H,60,68)(H,61,66)(H,71,72)/t22-,26?,30+,33+,34+,35+,36+,37-,39?,40+,41+,42-/m1/s1. The third kappa shape index (κ3) is 11.2. The molecule has 2 aliphatic carbocycles. The number of H-pyrrole nitrogens is 1. The lowest BCUT2D eigenvalue weighted by Gasteiger charge is -2.37. The van der Waals surface area contributed by atoms with E-state index in [0.717, 1.165) is 16.5 Å². The van der Waals surface area contributed by atoms with Crippen molar-refractivity contribution in [2.24, 2.45) is 34.0 Å². The van der Waals surface area contributed by atoms with Crippen LogP contribution < -0.4 is 54.4 Å². The van der Waals surface area contributed by atoms with Crippen LogP contribution in [0.4, 0.5) is 0 Å². The number of nitrogens with one attached hydrogen (secondary N) is 8. The molecule has 1 saturated heterocycles. The Labute approximate surface area is 417 Å². The summed E-state index contributed by atoms with van der Waals surface area (Å²) in [7, 11) is 0. The Morgan fingerprint density at radius 2 is 1.68 bits per heavy atom. The third-order valence-electron chi connectivity index (χ3n) is 13.7. The normalized spacial score (nSPS) is 28.6. The smallest absolute Gasteiger partial charge is 0.326 e. The lowest BCUT2D eigenvalue weighted by molar-refractivity contribution is -0.142. The molecule has 7 amide bonds. The number of aliphatic carboxylic acids is 1. The number of amides is 7. The molecule has 1 aromatic carbocycles. The lowest BCUT2D eigenvalue weighted by atomic mass is 9.78. The topological polar surface area (TPSA) is 397 Å². The number of ether oxygens (including phenoxy) is 1. The number of carboxylic acids is 1. The van der Waals surface area contributed by atoms with Crippen molar-refractivity contribution in [3.8, 4) is 0 Å². The molecular formula is C49H58N12O12. The van der Waals surface area contributed by atoms with E-state index in [2.05, 4.69) is 42.2 Å². The number of aromatic amines is 1. The zero-order valence-electron chi connectivity index (χ0n) is 39.3. The first kappa shape index (κ1) is 51.6. The number of benzene rings is 1. The molecule has 9 rings (SSSR count). The minimum atomic E-state index is -1.83. The molecule has 386 valence electrons. The van der Waals surface area contributed by atoms with Crippen molar-refractivity contribution >= 4 is 64.4 Å². The van der Waals surface area contributed by atoms with E-state index in [1.807, 2.05) is 6.08 Å². The maximum Gasteiger partial charge on any atom is 0.326 e. The van der Waals surface area contributed by atoms with E-state index in [0.29, 0.717) is 28.8 Å². The first-order chi connectivity index (χ1) is 35.1. The van der Waals surface area contributed by atoms with Crippen LogP contribution in [0.5, 0.6) is 0 Å². The monoisotopic (exact) mass is 1010 g/mol. The van der Waals surface area contributed by atoms with Crippen LogP contribution in [-0.2, 0) is 49.5 Å². The average molecular weight is 1010 g/mol. The van der Waals surface area contributed by atoms with Gasteiger partial charge in [-0.1, -0.05) is 54.7 Å². The van der Waals surface area contributed by atoms with Gasteiger partial charge >= 0.3 is 5.97 Å². The molecule has 17 N–H and O–H groups in total. The van der Waals surface area contributed by atoms with Gasteiger partial charge in [-0.05, 0) is 54.5 Å². The van der Waals surface area contributed by atoms with Gasteiger partial charge < -0.3 is 79.5 Å². The van der Waals surface area contributed by atoms with Crippen molar-refractivity contribution in [1.29, 1.82) is 0 Å². The molecule has 1 fully saturated rings. The molecule has 0 radical (unpaired) electrons. The predicted molar refractivity (Wildman–Crippen MR) is 261 cm³/mol. The Kier molecular flexibility index (Phi) is 15.8. The number of hydrogen-bond acceptors (Lipinski definition) is 15. The van der Waals surface area contributed by atoms with Crippen molar-refractivity contribution in [3.05, 3.63) is 107 Å². The van der Waals surface area contributed by atoms with Crippen LogP contribution in [0.2, 0.25) is 0 Å². The van der Waals surface area contributed by atoms with E-state index in [4.69, 9.17) is 26.9 Å². The van der Waals surface area contributed by atoms with Crippen molar-refractivity contribution in [3.63, 3.8) is 0 Å². The van der Waals surface area contributed by atoms with Crippen LogP contribution in [0.15, 0.2) is 106 Å². The van der Waals surface area contributed by atoms with Gasteiger partial charge in [0.05, 0.1) is 37.4 Å². The fourth-order valence-corrected chi connectivity index (χ4v) is 9.92. The predicted octanol–water partition coefficient (Wildman–Crippen LogP) is -3.78. The van der Waals surface area contributed by atoms with Crippen LogP contribution in [0.25, 0.3) is 10.9 Å². The summed E-state index contributed by atoms with van der Waals surface area (Å²) in [6.07, 6.45) is 12.6. The summed E-state index contributed by atoms with van der Waals surface area (Å²) in [5, 5.41) is 50.5. The molecule has 6 heterocycles. The number of carbonyl (C=O) groups excluding carboxylic acids is 7. The number of hydrogen-bond donors (Lipinski definition) is 14. The number of allylic oxidation sites excluding steroid dienone is 5. The third-order valence-corrected chi connectivity index (χ3v) is 13.7. The molecule has 1 aromatic heterocycles. The number of aliphatic imine (C=N–C) groups is 1. The number of fused-ring (bicyclic) bond motifs is 7. The minimum absolute atomic E-state index is 0.0419. The van der Waals surface area contributed by atoms with Crippen molar-refractivity contribution in [1.82, 2.24) is 42.2 Å². The van der Waals surface area contributed by atoms with Crippen LogP contribution in [-0.4, -0.2) is 154 Å². The highest BCUT2D eigenvalue weighted by Gasteiger charge is 2.45. The van der Waals surface area contributed by atoms with Crippen LogP contribution in [0.3, 0.4) is 0 Å². The van der Waals surface area contributed by atoms with Crippen molar-refractivity contribution in [2.45, 2.75) is 92.6 Å². The van der Waals surface area contributed by atoms with E-state index in [-0.39, 0.29) is 31.4 Å². The van der Waals surface area contributed by atoms with Gasteiger partial charge in [0.15, 0.2) is 0 Å². The Morgan fingerprint density at radius 3 is 2.42 bits per heavy atom. The van der Waals surface area contributed by atoms with E-state index in [9.17, 15) is 53.7 Å². The van der Waals surface area contributed by atoms with Crippen molar-refractivity contribution in [2.75, 3.05) is 19.8 Å². The van der Waals surface area contributed by atoms with Crippen LogP contribution in [0.1, 0.15) is 31.2 Å².